The Kier molecular flexibility index (Phi) is 4.54. The van der Waals surface area contributed by atoms with Crippen molar-refractivity contribution in [3.05, 3.63) is 21.8 Å². The lowest BCUT2D eigenvalue weighted by Gasteiger charge is -2.55. The number of amides is 4. The highest BCUT2D eigenvalue weighted by Gasteiger charge is 2.63. The average Bonchev–Trinajstić information content (AvgIpc) is 3.37. The van der Waals surface area contributed by atoms with E-state index in [-0.39, 0.29) is 12.5 Å². The molecular formula is C21H19ClN6O5S. The molecule has 3 aliphatic rings. The van der Waals surface area contributed by atoms with Crippen LogP contribution in [-0.4, -0.2) is 57.8 Å². The zero-order valence-corrected chi connectivity index (χ0v) is 19.9. The second-order valence-electron chi connectivity index (χ2n) is 8.84. The Morgan fingerprint density at radius 2 is 1.97 bits per heavy atom. The number of aryl methyl sites for hydroxylation is 1. The lowest BCUT2D eigenvalue weighted by molar-refractivity contribution is -0.153. The largest absolute Gasteiger partial charge is 0.372 e. The summed E-state index contributed by atoms with van der Waals surface area (Å²) in [6, 6.07) is -1.57. The van der Waals surface area contributed by atoms with Crippen LogP contribution in [0.4, 0.5) is 10.5 Å². The maximum Gasteiger partial charge on any atom is 0.328 e. The van der Waals surface area contributed by atoms with Gasteiger partial charge < -0.3 is 14.2 Å². The number of imide groups is 2. The number of thiazole rings is 1. The number of nitrogens with zero attached hydrogens (tertiary/aromatic N) is 4. The summed E-state index contributed by atoms with van der Waals surface area (Å²) in [4.78, 5) is 50.5. The molecule has 3 aliphatic heterocycles. The number of pyridine rings is 1. The number of hydrogen-bond acceptors (Lipinski definition) is 10. The molecule has 0 bridgehead atoms. The number of hydrogen-bond donors (Lipinski definition) is 2. The smallest absolute Gasteiger partial charge is 0.328 e. The summed E-state index contributed by atoms with van der Waals surface area (Å²) >= 11 is 8.31. The molecule has 6 heterocycles. The molecule has 0 aromatic carbocycles. The number of nitrogens with one attached hydrogen (secondary N) is 2. The van der Waals surface area contributed by atoms with Gasteiger partial charge in [0.2, 0.25) is 17.4 Å². The summed E-state index contributed by atoms with van der Waals surface area (Å²) in [6.45, 7) is 5.99. The van der Waals surface area contributed by atoms with Crippen LogP contribution in [0.3, 0.4) is 0 Å². The first-order chi connectivity index (χ1) is 16.2. The molecule has 176 valence electrons. The molecule has 34 heavy (non-hydrogen) atoms. The van der Waals surface area contributed by atoms with Gasteiger partial charge in [-0.25, -0.2) is 14.8 Å². The lowest BCUT2D eigenvalue weighted by Crippen LogP contribution is -2.75. The number of anilines is 1. The standard InChI is InChI=1S/C21H19ClN6O5S/c1-7-6-28-14-10(4-21(16(28)9(3)32-7)18(29)25-20(31)26-19(21)30)24-12-13(17-23-5-8(2)34-17)27-33-15(12)11(14)22/h5,7,9,16H,4,6H2,1-3H3,(H2,25,26,29,30,31)/t7-,9+,16-/m0/s1. The maximum atomic E-state index is 13.3. The molecule has 3 aromatic heterocycles. The summed E-state index contributed by atoms with van der Waals surface area (Å²) in [5.74, 6) is -1.38. The Labute approximate surface area is 201 Å². The van der Waals surface area contributed by atoms with Crippen LogP contribution in [0.2, 0.25) is 5.02 Å². The Morgan fingerprint density at radius 3 is 2.65 bits per heavy atom. The van der Waals surface area contributed by atoms with E-state index in [9.17, 15) is 14.4 Å². The maximum absolute atomic E-state index is 13.3. The van der Waals surface area contributed by atoms with E-state index in [0.29, 0.717) is 44.7 Å². The third-order valence-corrected chi connectivity index (χ3v) is 7.87. The fourth-order valence-corrected chi connectivity index (χ4v) is 6.45. The van der Waals surface area contributed by atoms with E-state index >= 15 is 0 Å². The SMILES string of the molecule is Cc1cnc(-c2noc3c(Cl)c4c(nc23)CC2(C(=O)NC(=O)NC2=O)[C@@H]2[C@@H](C)O[C@@H](C)CN42)s1. The summed E-state index contributed by atoms with van der Waals surface area (Å²) in [5.41, 5.74) is 0.506. The van der Waals surface area contributed by atoms with Gasteiger partial charge in [0.25, 0.3) is 0 Å². The van der Waals surface area contributed by atoms with Crippen LogP contribution in [-0.2, 0) is 20.7 Å². The van der Waals surface area contributed by atoms with Crippen LogP contribution < -0.4 is 15.5 Å². The third kappa shape index (κ3) is 2.79. The first kappa shape index (κ1) is 21.4. The van der Waals surface area contributed by atoms with E-state index in [1.807, 2.05) is 18.7 Å². The van der Waals surface area contributed by atoms with Crippen LogP contribution >= 0.6 is 22.9 Å². The van der Waals surface area contributed by atoms with Crippen molar-refractivity contribution in [3.63, 3.8) is 0 Å². The number of fused-ring (bicyclic) bond motifs is 5. The van der Waals surface area contributed by atoms with Gasteiger partial charge in [-0.15, -0.1) is 11.3 Å². The van der Waals surface area contributed by atoms with Gasteiger partial charge in [0.05, 0.1) is 29.6 Å². The highest BCUT2D eigenvalue weighted by molar-refractivity contribution is 7.15. The molecule has 1 spiro atoms. The molecule has 11 nitrogen and oxygen atoms in total. The van der Waals surface area contributed by atoms with Crippen LogP contribution in [0, 0.1) is 12.3 Å². The second kappa shape index (κ2) is 7.20. The number of carbonyl (C=O) groups is 3. The van der Waals surface area contributed by atoms with Gasteiger partial charge in [0.1, 0.15) is 15.5 Å². The zero-order valence-electron chi connectivity index (χ0n) is 18.3. The minimum absolute atomic E-state index is 0.0757. The number of carbonyl (C=O) groups excluding carboxylic acids is 3. The molecule has 13 heteroatoms. The van der Waals surface area contributed by atoms with E-state index < -0.39 is 35.4 Å². The number of urea groups is 1. The molecule has 3 atom stereocenters. The third-order valence-electron chi connectivity index (χ3n) is 6.60. The van der Waals surface area contributed by atoms with Crippen LogP contribution in [0.25, 0.3) is 21.8 Å². The van der Waals surface area contributed by atoms with Gasteiger partial charge in [0, 0.05) is 24.0 Å². The predicted octanol–water partition coefficient (Wildman–Crippen LogP) is 2.20. The molecule has 0 unspecified atom stereocenters. The number of halogens is 1. The molecule has 0 aliphatic carbocycles. The Morgan fingerprint density at radius 1 is 1.24 bits per heavy atom. The molecule has 0 saturated carbocycles. The van der Waals surface area contributed by atoms with Gasteiger partial charge in [-0.1, -0.05) is 16.8 Å². The minimum Gasteiger partial charge on any atom is -0.372 e. The van der Waals surface area contributed by atoms with Crippen molar-refractivity contribution in [2.24, 2.45) is 5.41 Å². The Hall–Kier alpha value is -3.09. The van der Waals surface area contributed by atoms with Crippen molar-refractivity contribution in [3.8, 4) is 10.7 Å². The summed E-state index contributed by atoms with van der Waals surface area (Å²) < 4.78 is 11.6. The normalized spacial score (nSPS) is 25.8. The summed E-state index contributed by atoms with van der Waals surface area (Å²) in [6.07, 6.45) is 0.927. The van der Waals surface area contributed by atoms with E-state index in [1.54, 1.807) is 13.1 Å². The van der Waals surface area contributed by atoms with Gasteiger partial charge in [0.15, 0.2) is 11.1 Å². The van der Waals surface area contributed by atoms with Crippen molar-refractivity contribution in [2.45, 2.75) is 45.4 Å². The summed E-state index contributed by atoms with van der Waals surface area (Å²) in [7, 11) is 0. The fraction of sp³-hybridized carbons (Fsp3) is 0.429. The van der Waals surface area contributed by atoms with Gasteiger partial charge >= 0.3 is 6.03 Å². The predicted molar refractivity (Wildman–Crippen MR) is 122 cm³/mol. The highest BCUT2D eigenvalue weighted by atomic mass is 35.5. The molecule has 2 N–H and O–H groups in total. The van der Waals surface area contributed by atoms with E-state index in [0.717, 1.165) is 4.88 Å². The quantitative estimate of drug-likeness (QED) is 0.479. The first-order valence-electron chi connectivity index (χ1n) is 10.7. The monoisotopic (exact) mass is 502 g/mol. The minimum atomic E-state index is -1.64. The number of rotatable bonds is 1. The molecule has 6 rings (SSSR count). The molecule has 3 aromatic rings. The van der Waals surface area contributed by atoms with Gasteiger partial charge in [-0.05, 0) is 20.8 Å². The molecule has 4 amide bonds. The van der Waals surface area contributed by atoms with Crippen LogP contribution in [0.15, 0.2) is 10.7 Å². The van der Waals surface area contributed by atoms with E-state index in [2.05, 4.69) is 20.8 Å². The van der Waals surface area contributed by atoms with Crippen LogP contribution in [0.1, 0.15) is 24.4 Å². The zero-order chi connectivity index (χ0) is 23.9. The van der Waals surface area contributed by atoms with Crippen molar-refractivity contribution < 1.29 is 23.6 Å². The number of ether oxygens (including phenoxy) is 1. The molecule has 2 fully saturated rings. The second-order valence-corrected chi connectivity index (χ2v) is 10.5. The van der Waals surface area contributed by atoms with Crippen LogP contribution in [0.5, 0.6) is 0 Å². The summed E-state index contributed by atoms with van der Waals surface area (Å²) in [5, 5.41) is 9.60. The van der Waals surface area contributed by atoms with Crippen molar-refractivity contribution >= 4 is 57.6 Å². The first-order valence-corrected chi connectivity index (χ1v) is 11.9. The van der Waals surface area contributed by atoms with E-state index in [1.165, 1.54) is 11.3 Å². The number of barbiturate groups is 1. The fourth-order valence-electron chi connectivity index (χ4n) is 5.36. The Balaban J connectivity index is 1.60. The topological polar surface area (TPSA) is 140 Å². The lowest BCUT2D eigenvalue weighted by atomic mass is 9.67. The molecule has 2 saturated heterocycles. The average molecular weight is 503 g/mol. The number of aromatic nitrogens is 3. The Bertz CT molecular complexity index is 1380. The van der Waals surface area contributed by atoms with E-state index in [4.69, 9.17) is 25.8 Å². The van der Waals surface area contributed by atoms with Crippen molar-refractivity contribution in [1.29, 1.82) is 0 Å². The van der Waals surface area contributed by atoms with Crippen molar-refractivity contribution in [1.82, 2.24) is 25.8 Å². The molecular weight excluding hydrogens is 484 g/mol. The van der Waals surface area contributed by atoms with Crippen molar-refractivity contribution in [2.75, 3.05) is 11.4 Å². The van der Waals surface area contributed by atoms with Gasteiger partial charge in [-0.3, -0.25) is 20.2 Å². The molecule has 0 radical (unpaired) electrons. The number of morpholine rings is 1. The highest BCUT2D eigenvalue weighted by Crippen LogP contribution is 2.50. The van der Waals surface area contributed by atoms with Gasteiger partial charge in [-0.2, -0.15) is 0 Å².